The number of benzene rings is 2. The van der Waals surface area contributed by atoms with Crippen LogP contribution in [0.25, 0.3) is 11.0 Å². The summed E-state index contributed by atoms with van der Waals surface area (Å²) in [6.07, 6.45) is 0.567. The standard InChI is InChI=1S/C22H17NO6S/c24-19-13-3-1-2-4-14(13)20(25)22-18(19)15-5-6-17-16(21(15)29-22)9-23(11-28-17)12-7-8-30(26,27)10-12/h1-6,12H,7-11H2/t12-/m0/s1. The Morgan fingerprint density at radius 2 is 1.77 bits per heavy atom. The minimum absolute atomic E-state index is 0.0580. The number of carbonyl (C=O) groups excluding carboxylic acids is 2. The Labute approximate surface area is 172 Å². The van der Waals surface area contributed by atoms with Crippen molar-refractivity contribution in [1.82, 2.24) is 4.90 Å². The number of carbonyl (C=O) groups is 2. The lowest BCUT2D eigenvalue weighted by Gasteiger charge is -2.32. The predicted octanol–water partition coefficient (Wildman–Crippen LogP) is 2.55. The molecule has 0 radical (unpaired) electrons. The lowest BCUT2D eigenvalue weighted by Crippen LogP contribution is -2.41. The largest absolute Gasteiger partial charge is 0.478 e. The van der Waals surface area contributed by atoms with Crippen LogP contribution < -0.4 is 4.74 Å². The van der Waals surface area contributed by atoms with Crippen LogP contribution in [0.15, 0.2) is 40.8 Å². The molecule has 2 aliphatic heterocycles. The molecule has 0 N–H and O–H groups in total. The van der Waals surface area contributed by atoms with E-state index in [9.17, 15) is 18.0 Å². The molecule has 0 amide bonds. The summed E-state index contributed by atoms with van der Waals surface area (Å²) in [5.41, 5.74) is 2.21. The van der Waals surface area contributed by atoms with E-state index in [2.05, 4.69) is 0 Å². The van der Waals surface area contributed by atoms with Crippen molar-refractivity contribution in [2.24, 2.45) is 0 Å². The molecule has 7 nitrogen and oxygen atoms in total. The highest BCUT2D eigenvalue weighted by Gasteiger charge is 2.38. The van der Waals surface area contributed by atoms with Gasteiger partial charge in [0.25, 0.3) is 0 Å². The number of rotatable bonds is 1. The van der Waals surface area contributed by atoms with Crippen molar-refractivity contribution in [2.75, 3.05) is 18.2 Å². The van der Waals surface area contributed by atoms with Gasteiger partial charge in [0.1, 0.15) is 18.1 Å². The molecule has 3 aliphatic rings. The van der Waals surface area contributed by atoms with Crippen LogP contribution in [0.4, 0.5) is 0 Å². The molecule has 1 atom stereocenters. The van der Waals surface area contributed by atoms with Crippen molar-refractivity contribution in [3.05, 3.63) is 64.4 Å². The molecule has 3 aromatic rings. The number of ether oxygens (including phenoxy) is 1. The normalized spacial score (nSPS) is 22.5. The number of ketones is 2. The van der Waals surface area contributed by atoms with Crippen LogP contribution in [0.5, 0.6) is 5.75 Å². The molecular formula is C22H17NO6S. The highest BCUT2D eigenvalue weighted by atomic mass is 32.2. The molecule has 1 saturated heterocycles. The monoisotopic (exact) mass is 423 g/mol. The Hall–Kier alpha value is -2.97. The van der Waals surface area contributed by atoms with Gasteiger partial charge in [0.2, 0.25) is 5.78 Å². The van der Waals surface area contributed by atoms with Gasteiger partial charge in [0.15, 0.2) is 21.4 Å². The quantitative estimate of drug-likeness (QED) is 0.464. The van der Waals surface area contributed by atoms with Crippen LogP contribution in [0, 0.1) is 0 Å². The van der Waals surface area contributed by atoms with E-state index in [0.717, 1.165) is 5.56 Å². The average molecular weight is 423 g/mol. The average Bonchev–Trinajstić information content (AvgIpc) is 3.32. The molecule has 0 spiro atoms. The zero-order valence-electron chi connectivity index (χ0n) is 15.9. The fourth-order valence-electron chi connectivity index (χ4n) is 4.70. The van der Waals surface area contributed by atoms with Gasteiger partial charge in [-0.2, -0.15) is 0 Å². The second kappa shape index (κ2) is 6.02. The number of hydrogen-bond acceptors (Lipinski definition) is 7. The summed E-state index contributed by atoms with van der Waals surface area (Å²) in [7, 11) is -3.02. The zero-order chi connectivity index (χ0) is 20.6. The van der Waals surface area contributed by atoms with Gasteiger partial charge in [-0.15, -0.1) is 0 Å². The van der Waals surface area contributed by atoms with Crippen molar-refractivity contribution in [2.45, 2.75) is 19.0 Å². The zero-order valence-corrected chi connectivity index (χ0v) is 16.7. The summed E-state index contributed by atoms with van der Waals surface area (Å²) in [6, 6.07) is 10.2. The molecule has 1 aromatic heterocycles. The fraction of sp³-hybridized carbons (Fsp3) is 0.273. The number of hydrogen-bond donors (Lipinski definition) is 0. The molecule has 1 aliphatic carbocycles. The van der Waals surface area contributed by atoms with E-state index in [1.165, 1.54) is 0 Å². The Balaban J connectivity index is 1.47. The lowest BCUT2D eigenvalue weighted by atomic mass is 9.87. The van der Waals surface area contributed by atoms with E-state index >= 15 is 0 Å². The fourth-order valence-corrected chi connectivity index (χ4v) is 6.47. The Morgan fingerprint density at radius 3 is 2.50 bits per heavy atom. The second-order valence-corrected chi connectivity index (χ2v) is 10.2. The van der Waals surface area contributed by atoms with Crippen molar-refractivity contribution in [3.8, 4) is 5.75 Å². The summed E-state index contributed by atoms with van der Waals surface area (Å²) in [6.45, 7) is 0.733. The van der Waals surface area contributed by atoms with E-state index in [4.69, 9.17) is 9.15 Å². The molecule has 8 heteroatoms. The molecule has 0 saturated carbocycles. The van der Waals surface area contributed by atoms with Crippen LogP contribution >= 0.6 is 0 Å². The summed E-state index contributed by atoms with van der Waals surface area (Å²) in [4.78, 5) is 28.1. The van der Waals surface area contributed by atoms with Gasteiger partial charge in [-0.1, -0.05) is 24.3 Å². The topological polar surface area (TPSA) is 93.9 Å². The van der Waals surface area contributed by atoms with E-state index in [1.807, 2.05) is 4.90 Å². The maximum absolute atomic E-state index is 13.1. The van der Waals surface area contributed by atoms with Gasteiger partial charge in [-0.05, 0) is 18.6 Å². The van der Waals surface area contributed by atoms with Crippen molar-refractivity contribution in [3.63, 3.8) is 0 Å². The lowest BCUT2D eigenvalue weighted by molar-refractivity contribution is 0.0649. The molecular weight excluding hydrogens is 406 g/mol. The molecule has 3 heterocycles. The number of sulfone groups is 1. The number of fused-ring (bicyclic) bond motifs is 6. The SMILES string of the molecule is O=C1c2ccccc2C(=O)c2c1oc1c3c(ccc21)OCN([C@H]1CCS(=O)(=O)C1)C3. The minimum atomic E-state index is -3.02. The highest BCUT2D eigenvalue weighted by Crippen LogP contribution is 2.41. The first-order chi connectivity index (χ1) is 14.4. The molecule has 6 rings (SSSR count). The van der Waals surface area contributed by atoms with Crippen LogP contribution in [0.2, 0.25) is 0 Å². The van der Waals surface area contributed by atoms with E-state index in [1.54, 1.807) is 36.4 Å². The summed E-state index contributed by atoms with van der Waals surface area (Å²) in [5, 5.41) is 0.584. The Morgan fingerprint density at radius 1 is 1.00 bits per heavy atom. The van der Waals surface area contributed by atoms with Gasteiger partial charge in [0.05, 0.1) is 22.6 Å². The first-order valence-corrected chi connectivity index (χ1v) is 11.6. The Bertz CT molecular complexity index is 1370. The third kappa shape index (κ3) is 2.44. The second-order valence-electron chi connectivity index (χ2n) is 8.01. The maximum Gasteiger partial charge on any atom is 0.229 e. The Kier molecular flexibility index (Phi) is 3.58. The van der Waals surface area contributed by atoms with Crippen molar-refractivity contribution < 1.29 is 27.2 Å². The third-order valence-electron chi connectivity index (χ3n) is 6.24. The summed E-state index contributed by atoms with van der Waals surface area (Å²) < 4.78 is 35.6. The van der Waals surface area contributed by atoms with E-state index in [-0.39, 0.29) is 40.4 Å². The van der Waals surface area contributed by atoms with Gasteiger partial charge in [0, 0.05) is 29.1 Å². The number of nitrogens with zero attached hydrogens (tertiary/aromatic N) is 1. The first kappa shape index (κ1) is 17.9. The highest BCUT2D eigenvalue weighted by molar-refractivity contribution is 7.91. The molecule has 1 fully saturated rings. The number of furan rings is 1. The predicted molar refractivity (Wildman–Crippen MR) is 108 cm³/mol. The molecule has 0 bridgehead atoms. The molecule has 152 valence electrons. The van der Waals surface area contributed by atoms with Crippen LogP contribution in [0.1, 0.15) is 44.0 Å². The smallest absolute Gasteiger partial charge is 0.229 e. The van der Waals surface area contributed by atoms with Gasteiger partial charge < -0.3 is 9.15 Å². The van der Waals surface area contributed by atoms with E-state index in [0.29, 0.717) is 47.5 Å². The van der Waals surface area contributed by atoms with Crippen molar-refractivity contribution >= 4 is 32.4 Å². The third-order valence-corrected chi connectivity index (χ3v) is 7.99. The minimum Gasteiger partial charge on any atom is -0.478 e. The maximum atomic E-state index is 13.1. The first-order valence-electron chi connectivity index (χ1n) is 9.77. The van der Waals surface area contributed by atoms with Gasteiger partial charge >= 0.3 is 0 Å². The van der Waals surface area contributed by atoms with Crippen molar-refractivity contribution in [1.29, 1.82) is 0 Å². The van der Waals surface area contributed by atoms with Gasteiger partial charge in [-0.3, -0.25) is 14.5 Å². The summed E-state index contributed by atoms with van der Waals surface area (Å²) in [5.74, 6) is 0.449. The molecule has 30 heavy (non-hydrogen) atoms. The van der Waals surface area contributed by atoms with Crippen LogP contribution in [0.3, 0.4) is 0 Å². The van der Waals surface area contributed by atoms with Crippen LogP contribution in [-0.2, 0) is 16.4 Å². The summed E-state index contributed by atoms with van der Waals surface area (Å²) >= 11 is 0. The van der Waals surface area contributed by atoms with E-state index < -0.39 is 9.84 Å². The van der Waals surface area contributed by atoms with Crippen LogP contribution in [-0.4, -0.2) is 49.2 Å². The van der Waals surface area contributed by atoms with Gasteiger partial charge in [-0.25, -0.2) is 8.42 Å². The molecule has 2 aromatic carbocycles. The molecule has 0 unspecified atom stereocenters.